The number of nitrogens with zero attached hydrogens (tertiary/aromatic N) is 3. The fourth-order valence-corrected chi connectivity index (χ4v) is 2.00. The van der Waals surface area contributed by atoms with Gasteiger partial charge in [-0.3, -0.25) is 0 Å². The second-order valence-corrected chi connectivity index (χ2v) is 4.55. The number of fused-ring (bicyclic) bond motifs is 1. The molecule has 3 rings (SSSR count). The van der Waals surface area contributed by atoms with E-state index in [1.54, 1.807) is 0 Å². The minimum absolute atomic E-state index is 0.242. The number of nitrogen functional groups attached to an aromatic ring is 1. The predicted octanol–water partition coefficient (Wildman–Crippen LogP) is 2.43. The first-order valence-corrected chi connectivity index (χ1v) is 6.32. The van der Waals surface area contributed by atoms with Crippen molar-refractivity contribution in [2.75, 3.05) is 11.1 Å². The van der Waals surface area contributed by atoms with Gasteiger partial charge in [0.15, 0.2) is 0 Å². The topological polar surface area (TPSA) is 89.9 Å². The second-order valence-electron chi connectivity index (χ2n) is 4.55. The minimum Gasteiger partial charge on any atom is -0.444 e. The van der Waals surface area contributed by atoms with Crippen LogP contribution in [0.25, 0.3) is 10.9 Å². The van der Waals surface area contributed by atoms with Crippen LogP contribution in [0.15, 0.2) is 28.7 Å². The number of benzene rings is 1. The smallest absolute Gasteiger partial charge is 0.222 e. The molecule has 2 aromatic heterocycles. The highest BCUT2D eigenvalue weighted by Gasteiger charge is 2.08. The minimum atomic E-state index is 0.242. The zero-order valence-electron chi connectivity index (χ0n) is 11.3. The molecule has 3 N–H and O–H groups in total. The first-order chi connectivity index (χ1) is 9.63. The number of rotatable bonds is 3. The maximum absolute atomic E-state index is 5.72. The van der Waals surface area contributed by atoms with E-state index in [-0.39, 0.29) is 5.95 Å². The van der Waals surface area contributed by atoms with Crippen molar-refractivity contribution < 1.29 is 4.42 Å². The first kappa shape index (κ1) is 12.4. The van der Waals surface area contributed by atoms with Crippen molar-refractivity contribution in [1.82, 2.24) is 15.0 Å². The van der Waals surface area contributed by atoms with Crippen LogP contribution in [0.5, 0.6) is 0 Å². The summed E-state index contributed by atoms with van der Waals surface area (Å²) in [7, 11) is 0. The summed E-state index contributed by atoms with van der Waals surface area (Å²) in [5.74, 6) is 2.38. The molecule has 0 aliphatic heterocycles. The number of oxazole rings is 1. The van der Waals surface area contributed by atoms with E-state index in [0.717, 1.165) is 22.4 Å². The Morgan fingerprint density at radius 3 is 2.70 bits per heavy atom. The van der Waals surface area contributed by atoms with Crippen LogP contribution in [0.4, 0.5) is 11.8 Å². The molecule has 0 bridgehead atoms. The molecule has 0 amide bonds. The molecular formula is C14H15N5O. The molecule has 0 radical (unpaired) electrons. The summed E-state index contributed by atoms with van der Waals surface area (Å²) in [6.07, 6.45) is 0. The maximum Gasteiger partial charge on any atom is 0.222 e. The molecule has 0 fully saturated rings. The third-order valence-corrected chi connectivity index (χ3v) is 3.10. The lowest BCUT2D eigenvalue weighted by atomic mass is 10.2. The third-order valence-electron chi connectivity index (χ3n) is 3.10. The van der Waals surface area contributed by atoms with E-state index in [1.165, 1.54) is 0 Å². The van der Waals surface area contributed by atoms with E-state index in [0.29, 0.717) is 18.3 Å². The van der Waals surface area contributed by atoms with Crippen LogP contribution < -0.4 is 11.1 Å². The van der Waals surface area contributed by atoms with E-state index in [2.05, 4.69) is 20.3 Å². The molecule has 0 saturated carbocycles. The van der Waals surface area contributed by atoms with Crippen molar-refractivity contribution in [3.8, 4) is 0 Å². The van der Waals surface area contributed by atoms with Gasteiger partial charge >= 0.3 is 0 Å². The van der Waals surface area contributed by atoms with Gasteiger partial charge in [-0.2, -0.15) is 4.98 Å². The van der Waals surface area contributed by atoms with E-state index in [1.807, 2.05) is 38.1 Å². The van der Waals surface area contributed by atoms with Crippen molar-refractivity contribution in [2.45, 2.75) is 20.4 Å². The Morgan fingerprint density at radius 2 is 1.95 bits per heavy atom. The lowest BCUT2D eigenvalue weighted by Crippen LogP contribution is -2.05. The average Bonchev–Trinajstić information content (AvgIpc) is 2.75. The zero-order chi connectivity index (χ0) is 14.1. The Bertz CT molecular complexity index is 746. The van der Waals surface area contributed by atoms with Gasteiger partial charge < -0.3 is 15.5 Å². The van der Waals surface area contributed by atoms with Crippen LogP contribution in [0.3, 0.4) is 0 Å². The molecule has 0 saturated heterocycles. The molecule has 6 nitrogen and oxygen atoms in total. The van der Waals surface area contributed by atoms with Gasteiger partial charge in [-0.15, -0.1) is 0 Å². The van der Waals surface area contributed by atoms with Gasteiger partial charge in [0.25, 0.3) is 0 Å². The van der Waals surface area contributed by atoms with E-state index >= 15 is 0 Å². The van der Waals surface area contributed by atoms with Crippen molar-refractivity contribution >= 4 is 22.7 Å². The van der Waals surface area contributed by atoms with Crippen molar-refractivity contribution in [2.24, 2.45) is 0 Å². The molecule has 0 atom stereocenters. The van der Waals surface area contributed by atoms with Gasteiger partial charge in [-0.1, -0.05) is 12.1 Å². The van der Waals surface area contributed by atoms with Crippen molar-refractivity contribution in [3.05, 3.63) is 41.6 Å². The number of hydrogen-bond donors (Lipinski definition) is 2. The van der Waals surface area contributed by atoms with Gasteiger partial charge in [-0.25, -0.2) is 9.97 Å². The Kier molecular flexibility index (Phi) is 2.98. The molecule has 0 spiro atoms. The van der Waals surface area contributed by atoms with Crippen LogP contribution >= 0.6 is 0 Å². The summed E-state index contributed by atoms with van der Waals surface area (Å²) < 4.78 is 5.53. The molecule has 20 heavy (non-hydrogen) atoms. The van der Waals surface area contributed by atoms with E-state index < -0.39 is 0 Å². The van der Waals surface area contributed by atoms with E-state index in [4.69, 9.17) is 10.2 Å². The molecule has 3 aromatic rings. The van der Waals surface area contributed by atoms with Crippen LogP contribution in [0.1, 0.15) is 17.3 Å². The Balaban J connectivity index is 1.90. The average molecular weight is 269 g/mol. The highest BCUT2D eigenvalue weighted by molar-refractivity contribution is 5.89. The van der Waals surface area contributed by atoms with Crippen LogP contribution in [-0.4, -0.2) is 15.0 Å². The summed E-state index contributed by atoms with van der Waals surface area (Å²) in [5, 5.41) is 4.12. The number of para-hydroxylation sites is 1. The number of hydrogen-bond acceptors (Lipinski definition) is 6. The summed E-state index contributed by atoms with van der Waals surface area (Å²) in [5.41, 5.74) is 7.43. The lowest BCUT2D eigenvalue weighted by molar-refractivity contribution is 0.478. The molecule has 2 heterocycles. The lowest BCUT2D eigenvalue weighted by Gasteiger charge is -2.07. The van der Waals surface area contributed by atoms with Crippen LogP contribution in [0, 0.1) is 13.8 Å². The largest absolute Gasteiger partial charge is 0.444 e. The van der Waals surface area contributed by atoms with E-state index in [9.17, 15) is 0 Å². The summed E-state index contributed by atoms with van der Waals surface area (Å²) in [6, 6.07) is 7.70. The Labute approximate surface area is 116 Å². The predicted molar refractivity (Wildman–Crippen MR) is 77.3 cm³/mol. The second kappa shape index (κ2) is 4.80. The normalized spacial score (nSPS) is 10.9. The monoisotopic (exact) mass is 269 g/mol. The summed E-state index contributed by atoms with van der Waals surface area (Å²) >= 11 is 0. The van der Waals surface area contributed by atoms with Crippen LogP contribution in [-0.2, 0) is 6.54 Å². The first-order valence-electron chi connectivity index (χ1n) is 6.32. The molecular weight excluding hydrogens is 254 g/mol. The SMILES string of the molecule is Cc1nc(CNc2nc(N)nc3ccccc23)oc1C. The summed E-state index contributed by atoms with van der Waals surface area (Å²) in [4.78, 5) is 12.8. The number of nitrogens with one attached hydrogen (secondary N) is 1. The van der Waals surface area contributed by atoms with Crippen molar-refractivity contribution in [1.29, 1.82) is 0 Å². The Morgan fingerprint density at radius 1 is 1.15 bits per heavy atom. The third kappa shape index (κ3) is 2.27. The Hall–Kier alpha value is -2.63. The van der Waals surface area contributed by atoms with Gasteiger partial charge in [0, 0.05) is 5.39 Å². The van der Waals surface area contributed by atoms with Crippen molar-refractivity contribution in [3.63, 3.8) is 0 Å². The van der Waals surface area contributed by atoms with Gasteiger partial charge in [0.05, 0.1) is 17.8 Å². The van der Waals surface area contributed by atoms with Gasteiger partial charge in [0.1, 0.15) is 11.6 Å². The number of anilines is 2. The standard InChI is InChI=1S/C14H15N5O/c1-8-9(2)20-12(17-8)7-16-13-10-5-3-4-6-11(10)18-14(15)19-13/h3-6H,7H2,1-2H3,(H3,15,16,18,19). The highest BCUT2D eigenvalue weighted by atomic mass is 16.4. The highest BCUT2D eigenvalue weighted by Crippen LogP contribution is 2.21. The van der Waals surface area contributed by atoms with Gasteiger partial charge in [0.2, 0.25) is 11.8 Å². The molecule has 0 aliphatic rings. The molecule has 0 unspecified atom stereocenters. The molecule has 102 valence electrons. The number of aromatic nitrogens is 3. The molecule has 6 heteroatoms. The molecule has 0 aliphatic carbocycles. The van der Waals surface area contributed by atoms with Gasteiger partial charge in [-0.05, 0) is 26.0 Å². The number of nitrogens with two attached hydrogens (primary N) is 1. The summed E-state index contributed by atoms with van der Waals surface area (Å²) in [6.45, 7) is 4.26. The fraction of sp³-hybridized carbons (Fsp3) is 0.214. The maximum atomic E-state index is 5.72. The molecule has 1 aromatic carbocycles. The zero-order valence-corrected chi connectivity index (χ0v) is 11.3. The number of aryl methyl sites for hydroxylation is 2. The quantitative estimate of drug-likeness (QED) is 0.759. The fourth-order valence-electron chi connectivity index (χ4n) is 2.00. The van der Waals surface area contributed by atoms with Crippen LogP contribution in [0.2, 0.25) is 0 Å².